The largest absolute Gasteiger partial charge is 0.493 e. The molecule has 1 saturated heterocycles. The fourth-order valence-electron chi connectivity index (χ4n) is 2.54. The molecule has 4 heteroatoms. The van der Waals surface area contributed by atoms with E-state index in [0.29, 0.717) is 6.61 Å². The molecule has 0 aliphatic carbocycles. The summed E-state index contributed by atoms with van der Waals surface area (Å²) in [5.74, 6) is 3.01. The number of rotatable bonds is 7. The van der Waals surface area contributed by atoms with Crippen LogP contribution in [0.25, 0.3) is 0 Å². The van der Waals surface area contributed by atoms with E-state index in [1.54, 1.807) is 7.11 Å². The van der Waals surface area contributed by atoms with Gasteiger partial charge in [-0.2, -0.15) is 11.8 Å². The van der Waals surface area contributed by atoms with Crippen molar-refractivity contribution in [1.82, 2.24) is 5.32 Å². The molecule has 0 saturated carbocycles. The topological polar surface area (TPSA) is 30.5 Å². The predicted octanol–water partition coefficient (Wildman–Crippen LogP) is 3.47. The number of thioether (sulfide) groups is 1. The van der Waals surface area contributed by atoms with E-state index in [2.05, 4.69) is 23.1 Å². The predicted molar refractivity (Wildman–Crippen MR) is 86.0 cm³/mol. The average Bonchev–Trinajstić information content (AvgIpc) is 2.49. The van der Waals surface area contributed by atoms with Crippen molar-refractivity contribution in [1.29, 1.82) is 0 Å². The Morgan fingerprint density at radius 3 is 2.95 bits per heavy atom. The summed E-state index contributed by atoms with van der Waals surface area (Å²) in [6.45, 7) is 4.56. The fourth-order valence-corrected chi connectivity index (χ4v) is 3.81. The fraction of sp³-hybridized carbons (Fsp3) is 0.625. The van der Waals surface area contributed by atoms with Gasteiger partial charge in [-0.3, -0.25) is 0 Å². The Hall–Kier alpha value is -0.870. The third kappa shape index (κ3) is 4.32. The smallest absolute Gasteiger partial charge is 0.165 e. The van der Waals surface area contributed by atoms with Crippen molar-refractivity contribution in [2.75, 3.05) is 26.0 Å². The Labute approximate surface area is 126 Å². The van der Waals surface area contributed by atoms with Gasteiger partial charge in [-0.1, -0.05) is 18.6 Å². The molecule has 2 rings (SSSR count). The van der Waals surface area contributed by atoms with Gasteiger partial charge in [-0.25, -0.2) is 0 Å². The molecule has 1 N–H and O–H groups in total. The van der Waals surface area contributed by atoms with E-state index in [-0.39, 0.29) is 0 Å². The number of ether oxygens (including phenoxy) is 2. The van der Waals surface area contributed by atoms with Crippen molar-refractivity contribution < 1.29 is 9.47 Å². The number of hydrogen-bond acceptors (Lipinski definition) is 4. The molecular formula is C16H25NO2S. The number of benzene rings is 1. The maximum absolute atomic E-state index is 5.61. The molecule has 1 unspecified atom stereocenters. The van der Waals surface area contributed by atoms with Gasteiger partial charge in [0.05, 0.1) is 13.7 Å². The third-order valence-electron chi connectivity index (χ3n) is 3.53. The van der Waals surface area contributed by atoms with Gasteiger partial charge in [-0.15, -0.1) is 0 Å². The Balaban J connectivity index is 1.89. The molecule has 0 aromatic heterocycles. The molecule has 20 heavy (non-hydrogen) atoms. The van der Waals surface area contributed by atoms with Gasteiger partial charge in [0, 0.05) is 23.9 Å². The molecule has 0 spiro atoms. The lowest BCUT2D eigenvalue weighted by atomic mass is 10.1. The molecule has 1 heterocycles. The molecule has 1 aromatic rings. The lowest BCUT2D eigenvalue weighted by Crippen LogP contribution is -2.26. The number of methoxy groups -OCH3 is 1. The first kappa shape index (κ1) is 15.5. The highest BCUT2D eigenvalue weighted by Gasteiger charge is 2.14. The van der Waals surface area contributed by atoms with Crippen LogP contribution in [0.15, 0.2) is 18.2 Å². The first-order valence-corrected chi connectivity index (χ1v) is 8.51. The SMILES string of the molecule is CCOc1cccc(CNCC2CCCCS2)c1OC. The standard InChI is InChI=1S/C16H25NO2S/c1-3-19-15-9-6-7-13(16(15)18-2)11-17-12-14-8-4-5-10-20-14/h6-7,9,14,17H,3-5,8,10-12H2,1-2H3. The van der Waals surface area contributed by atoms with Crippen molar-refractivity contribution in [3.63, 3.8) is 0 Å². The summed E-state index contributed by atoms with van der Waals surface area (Å²) in [4.78, 5) is 0. The molecule has 1 fully saturated rings. The van der Waals surface area contributed by atoms with Crippen molar-refractivity contribution >= 4 is 11.8 Å². The maximum Gasteiger partial charge on any atom is 0.165 e. The van der Waals surface area contributed by atoms with Crippen LogP contribution in [0.2, 0.25) is 0 Å². The zero-order valence-corrected chi connectivity index (χ0v) is 13.3. The number of nitrogens with one attached hydrogen (secondary N) is 1. The maximum atomic E-state index is 5.61. The van der Waals surface area contributed by atoms with Crippen LogP contribution in [0.3, 0.4) is 0 Å². The summed E-state index contributed by atoms with van der Waals surface area (Å²) >= 11 is 2.10. The second kappa shape index (κ2) is 8.42. The van der Waals surface area contributed by atoms with E-state index in [4.69, 9.17) is 9.47 Å². The monoisotopic (exact) mass is 295 g/mol. The molecule has 1 atom stereocenters. The van der Waals surface area contributed by atoms with Crippen LogP contribution in [0.4, 0.5) is 0 Å². The summed E-state index contributed by atoms with van der Waals surface area (Å²) < 4.78 is 11.1. The normalized spacial score (nSPS) is 18.8. The second-order valence-corrected chi connectivity index (χ2v) is 6.41. The average molecular weight is 295 g/mol. The molecule has 0 radical (unpaired) electrons. The molecular weight excluding hydrogens is 270 g/mol. The zero-order valence-electron chi connectivity index (χ0n) is 12.5. The van der Waals surface area contributed by atoms with Crippen molar-refractivity contribution in [3.05, 3.63) is 23.8 Å². The van der Waals surface area contributed by atoms with Crippen LogP contribution < -0.4 is 14.8 Å². The lowest BCUT2D eigenvalue weighted by Gasteiger charge is -2.22. The molecule has 0 bridgehead atoms. The molecule has 1 aliphatic rings. The first-order valence-electron chi connectivity index (χ1n) is 7.46. The minimum Gasteiger partial charge on any atom is -0.493 e. The minimum atomic E-state index is 0.659. The van der Waals surface area contributed by atoms with Crippen LogP contribution in [0.5, 0.6) is 11.5 Å². The minimum absolute atomic E-state index is 0.659. The molecule has 3 nitrogen and oxygen atoms in total. The van der Waals surface area contributed by atoms with E-state index in [9.17, 15) is 0 Å². The zero-order chi connectivity index (χ0) is 14.2. The Bertz CT molecular complexity index is 405. The number of hydrogen-bond donors (Lipinski definition) is 1. The quantitative estimate of drug-likeness (QED) is 0.834. The Morgan fingerprint density at radius 2 is 2.25 bits per heavy atom. The van der Waals surface area contributed by atoms with Crippen LogP contribution in [-0.2, 0) is 6.54 Å². The molecule has 112 valence electrons. The first-order chi connectivity index (χ1) is 9.85. The van der Waals surface area contributed by atoms with Gasteiger partial charge < -0.3 is 14.8 Å². The highest BCUT2D eigenvalue weighted by molar-refractivity contribution is 7.99. The van der Waals surface area contributed by atoms with Crippen molar-refractivity contribution in [2.45, 2.75) is 38.0 Å². The van der Waals surface area contributed by atoms with Gasteiger partial charge in [0.2, 0.25) is 0 Å². The van der Waals surface area contributed by atoms with Crippen molar-refractivity contribution in [2.24, 2.45) is 0 Å². The van der Waals surface area contributed by atoms with E-state index in [0.717, 1.165) is 29.8 Å². The summed E-state index contributed by atoms with van der Waals surface area (Å²) in [6.07, 6.45) is 4.10. The highest BCUT2D eigenvalue weighted by atomic mass is 32.2. The molecule has 1 aliphatic heterocycles. The van der Waals surface area contributed by atoms with Crippen LogP contribution in [-0.4, -0.2) is 31.3 Å². The third-order valence-corrected chi connectivity index (χ3v) is 4.92. The summed E-state index contributed by atoms with van der Waals surface area (Å²) in [6, 6.07) is 6.09. The lowest BCUT2D eigenvalue weighted by molar-refractivity contribution is 0.308. The molecule has 0 amide bonds. The Kier molecular flexibility index (Phi) is 6.54. The van der Waals surface area contributed by atoms with E-state index in [1.165, 1.54) is 30.6 Å². The second-order valence-electron chi connectivity index (χ2n) is 5.00. The van der Waals surface area contributed by atoms with Crippen LogP contribution in [0.1, 0.15) is 31.7 Å². The van der Waals surface area contributed by atoms with Gasteiger partial charge in [-0.05, 0) is 31.6 Å². The van der Waals surface area contributed by atoms with Crippen molar-refractivity contribution in [3.8, 4) is 11.5 Å². The van der Waals surface area contributed by atoms with E-state index >= 15 is 0 Å². The van der Waals surface area contributed by atoms with Crippen LogP contribution >= 0.6 is 11.8 Å². The highest BCUT2D eigenvalue weighted by Crippen LogP contribution is 2.31. The van der Waals surface area contributed by atoms with E-state index in [1.807, 2.05) is 19.1 Å². The van der Waals surface area contributed by atoms with Crippen LogP contribution in [0, 0.1) is 0 Å². The number of para-hydroxylation sites is 1. The summed E-state index contributed by atoms with van der Waals surface area (Å²) in [5.41, 5.74) is 1.17. The molecule has 1 aromatic carbocycles. The summed E-state index contributed by atoms with van der Waals surface area (Å²) in [7, 11) is 1.71. The van der Waals surface area contributed by atoms with Gasteiger partial charge >= 0.3 is 0 Å². The van der Waals surface area contributed by atoms with Gasteiger partial charge in [0.25, 0.3) is 0 Å². The Morgan fingerprint density at radius 1 is 1.35 bits per heavy atom. The van der Waals surface area contributed by atoms with Gasteiger partial charge in [0.1, 0.15) is 0 Å². The van der Waals surface area contributed by atoms with Gasteiger partial charge in [0.15, 0.2) is 11.5 Å². The summed E-state index contributed by atoms with van der Waals surface area (Å²) in [5, 5.41) is 4.33. The van der Waals surface area contributed by atoms with E-state index < -0.39 is 0 Å².